The molecule has 1 heterocycles. The van der Waals surface area contributed by atoms with E-state index in [9.17, 15) is 4.79 Å². The first-order valence-corrected chi connectivity index (χ1v) is 6.48. The van der Waals surface area contributed by atoms with Crippen molar-refractivity contribution in [3.8, 4) is 0 Å². The van der Waals surface area contributed by atoms with E-state index in [1.54, 1.807) is 25.1 Å². The van der Waals surface area contributed by atoms with Crippen molar-refractivity contribution in [2.45, 2.75) is 13.3 Å². The topological polar surface area (TPSA) is 75.4 Å². The summed E-state index contributed by atoms with van der Waals surface area (Å²) >= 11 is 3.27. The summed E-state index contributed by atoms with van der Waals surface area (Å²) in [6.07, 6.45) is 0.899. The molecule has 0 bridgehead atoms. The van der Waals surface area contributed by atoms with Gasteiger partial charge < -0.3 is 15.5 Å². The largest absolute Gasteiger partial charge is 0.383 e. The number of anilines is 2. The van der Waals surface area contributed by atoms with E-state index in [0.29, 0.717) is 22.9 Å². The summed E-state index contributed by atoms with van der Waals surface area (Å²) in [6, 6.07) is 1.63. The molecule has 0 fully saturated rings. The van der Waals surface area contributed by atoms with Crippen LogP contribution in [0.5, 0.6) is 0 Å². The minimum atomic E-state index is 0.00518. The van der Waals surface area contributed by atoms with Crippen molar-refractivity contribution >= 4 is 33.6 Å². The molecule has 2 N–H and O–H groups in total. The number of carbonyl (C=O) groups is 1. The number of amides is 1. The maximum atomic E-state index is 11.8. The Morgan fingerprint density at radius 2 is 2.11 bits per heavy atom. The molecule has 100 valence electrons. The van der Waals surface area contributed by atoms with Crippen molar-refractivity contribution < 1.29 is 4.79 Å². The van der Waals surface area contributed by atoms with Gasteiger partial charge in [-0.1, -0.05) is 6.92 Å². The monoisotopic (exact) mass is 315 g/mol. The van der Waals surface area contributed by atoms with Crippen LogP contribution in [0.4, 0.5) is 11.8 Å². The Bertz CT molecular complexity index is 404. The molecule has 0 aliphatic heterocycles. The Balaban J connectivity index is 2.93. The first kappa shape index (κ1) is 14.7. The molecule has 1 rings (SSSR count). The molecule has 0 unspecified atom stereocenters. The second-order valence-electron chi connectivity index (χ2n) is 4.13. The Morgan fingerprint density at radius 3 is 2.61 bits per heavy atom. The van der Waals surface area contributed by atoms with Gasteiger partial charge in [-0.15, -0.1) is 0 Å². The second-order valence-corrected chi connectivity index (χ2v) is 4.94. The van der Waals surface area contributed by atoms with Crippen LogP contribution in [-0.2, 0) is 4.79 Å². The molecule has 18 heavy (non-hydrogen) atoms. The molecule has 1 aromatic heterocycles. The highest BCUT2D eigenvalue weighted by atomic mass is 79.9. The van der Waals surface area contributed by atoms with E-state index in [1.807, 2.05) is 11.8 Å². The lowest BCUT2D eigenvalue weighted by molar-refractivity contribution is -0.127. The van der Waals surface area contributed by atoms with Crippen LogP contribution >= 0.6 is 15.9 Å². The lowest BCUT2D eigenvalue weighted by Crippen LogP contribution is -2.38. The van der Waals surface area contributed by atoms with E-state index in [4.69, 9.17) is 5.73 Å². The molecule has 0 saturated heterocycles. The molecular weight excluding hydrogens is 298 g/mol. The normalized spacial score (nSPS) is 10.2. The third kappa shape index (κ3) is 4.14. The van der Waals surface area contributed by atoms with Crippen molar-refractivity contribution in [3.63, 3.8) is 0 Å². The van der Waals surface area contributed by atoms with Gasteiger partial charge in [-0.3, -0.25) is 4.79 Å². The number of halogens is 1. The summed E-state index contributed by atoms with van der Waals surface area (Å²) in [4.78, 5) is 23.5. The van der Waals surface area contributed by atoms with Crippen LogP contribution in [0.15, 0.2) is 10.7 Å². The average Bonchev–Trinajstić information content (AvgIpc) is 2.26. The first-order valence-electron chi connectivity index (χ1n) is 5.69. The second kappa shape index (κ2) is 6.53. The number of aromatic nitrogens is 2. The molecule has 1 aromatic rings. The number of likely N-dealkylation sites (N-methyl/N-ethyl adjacent to an activating group) is 1. The van der Waals surface area contributed by atoms with Gasteiger partial charge in [0.1, 0.15) is 10.4 Å². The van der Waals surface area contributed by atoms with Gasteiger partial charge in [0.15, 0.2) is 0 Å². The van der Waals surface area contributed by atoms with Gasteiger partial charge in [0.2, 0.25) is 11.9 Å². The average molecular weight is 316 g/mol. The lowest BCUT2D eigenvalue weighted by atomic mass is 10.4. The number of hydrogen-bond donors (Lipinski definition) is 1. The summed E-state index contributed by atoms with van der Waals surface area (Å²) in [7, 11) is 3.45. The van der Waals surface area contributed by atoms with Crippen LogP contribution in [0.25, 0.3) is 0 Å². The van der Waals surface area contributed by atoms with Gasteiger partial charge in [0.25, 0.3) is 0 Å². The minimum Gasteiger partial charge on any atom is -0.383 e. The number of rotatable bonds is 5. The first-order chi connectivity index (χ1) is 8.43. The predicted molar refractivity (Wildman–Crippen MR) is 75.3 cm³/mol. The fourth-order valence-corrected chi connectivity index (χ4v) is 1.78. The zero-order valence-electron chi connectivity index (χ0n) is 10.9. The number of hydrogen-bond acceptors (Lipinski definition) is 5. The Kier molecular flexibility index (Phi) is 5.33. The van der Waals surface area contributed by atoms with E-state index < -0.39 is 0 Å². The third-order valence-corrected chi connectivity index (χ3v) is 2.71. The molecule has 0 aliphatic rings. The van der Waals surface area contributed by atoms with Crippen molar-refractivity contribution in [2.75, 3.05) is 37.8 Å². The highest BCUT2D eigenvalue weighted by molar-refractivity contribution is 9.10. The maximum Gasteiger partial charge on any atom is 0.241 e. The predicted octanol–water partition coefficient (Wildman–Crippen LogP) is 1.13. The SMILES string of the molecule is CCCN(CC(=O)N(C)C)c1nc(N)cc(Br)n1. The molecule has 6 nitrogen and oxygen atoms in total. The fraction of sp³-hybridized carbons (Fsp3) is 0.545. The Hall–Kier alpha value is -1.37. The maximum absolute atomic E-state index is 11.8. The number of nitrogens with zero attached hydrogens (tertiary/aromatic N) is 4. The minimum absolute atomic E-state index is 0.00518. The van der Waals surface area contributed by atoms with E-state index in [2.05, 4.69) is 25.9 Å². The van der Waals surface area contributed by atoms with Gasteiger partial charge in [-0.25, -0.2) is 4.98 Å². The van der Waals surface area contributed by atoms with Crippen LogP contribution in [0, 0.1) is 0 Å². The highest BCUT2D eigenvalue weighted by Gasteiger charge is 2.15. The lowest BCUT2D eigenvalue weighted by Gasteiger charge is -2.23. The molecule has 0 atom stereocenters. The van der Waals surface area contributed by atoms with E-state index in [1.165, 1.54) is 0 Å². The zero-order valence-corrected chi connectivity index (χ0v) is 12.4. The molecule has 0 saturated carbocycles. The van der Waals surface area contributed by atoms with Crippen molar-refractivity contribution in [3.05, 3.63) is 10.7 Å². The molecule has 1 amide bonds. The van der Waals surface area contributed by atoms with Crippen LogP contribution in [-0.4, -0.2) is 48.0 Å². The van der Waals surface area contributed by atoms with Gasteiger partial charge in [-0.2, -0.15) is 4.98 Å². The summed E-state index contributed by atoms with van der Waals surface area (Å²) in [6.45, 7) is 2.99. The van der Waals surface area contributed by atoms with Gasteiger partial charge >= 0.3 is 0 Å². The van der Waals surface area contributed by atoms with Gasteiger partial charge in [0.05, 0.1) is 6.54 Å². The van der Waals surface area contributed by atoms with Crippen molar-refractivity contribution in [1.29, 1.82) is 0 Å². The summed E-state index contributed by atoms with van der Waals surface area (Å²) in [5.41, 5.74) is 5.68. The molecule has 0 spiro atoms. The number of nitrogen functional groups attached to an aromatic ring is 1. The standard InChI is InChI=1S/C11H18BrN5O/c1-4-5-17(7-10(18)16(2)3)11-14-8(12)6-9(13)15-11/h6H,4-5,7H2,1-3H3,(H2,13,14,15). The summed E-state index contributed by atoms with van der Waals surface area (Å²) in [5, 5.41) is 0. The van der Waals surface area contributed by atoms with Crippen LogP contribution < -0.4 is 10.6 Å². The van der Waals surface area contributed by atoms with Crippen LogP contribution in [0.2, 0.25) is 0 Å². The van der Waals surface area contributed by atoms with Crippen LogP contribution in [0.1, 0.15) is 13.3 Å². The van der Waals surface area contributed by atoms with E-state index in [0.717, 1.165) is 6.42 Å². The number of nitrogens with two attached hydrogens (primary N) is 1. The van der Waals surface area contributed by atoms with E-state index >= 15 is 0 Å². The molecule has 0 aliphatic carbocycles. The quantitative estimate of drug-likeness (QED) is 0.824. The smallest absolute Gasteiger partial charge is 0.241 e. The molecule has 0 aromatic carbocycles. The summed E-state index contributed by atoms with van der Waals surface area (Å²) < 4.78 is 0.614. The van der Waals surface area contributed by atoms with Crippen LogP contribution in [0.3, 0.4) is 0 Å². The Morgan fingerprint density at radius 1 is 1.44 bits per heavy atom. The molecule has 0 radical (unpaired) electrons. The van der Waals surface area contributed by atoms with Gasteiger partial charge in [-0.05, 0) is 22.4 Å². The fourth-order valence-electron chi connectivity index (χ4n) is 1.39. The summed E-state index contributed by atoms with van der Waals surface area (Å²) in [5.74, 6) is 0.856. The molecule has 7 heteroatoms. The highest BCUT2D eigenvalue weighted by Crippen LogP contribution is 2.16. The van der Waals surface area contributed by atoms with Crippen molar-refractivity contribution in [2.24, 2.45) is 0 Å². The van der Waals surface area contributed by atoms with Crippen molar-refractivity contribution in [1.82, 2.24) is 14.9 Å². The Labute approximate surface area is 115 Å². The third-order valence-electron chi connectivity index (χ3n) is 2.30. The van der Waals surface area contributed by atoms with Gasteiger partial charge in [0, 0.05) is 26.7 Å². The molecular formula is C11H18BrN5O. The zero-order chi connectivity index (χ0) is 13.7. The van der Waals surface area contributed by atoms with E-state index in [-0.39, 0.29) is 12.5 Å². The number of carbonyl (C=O) groups excluding carboxylic acids is 1.